The lowest BCUT2D eigenvalue weighted by molar-refractivity contribution is -0.132. The van der Waals surface area contributed by atoms with Gasteiger partial charge in [0.1, 0.15) is 0 Å². The smallest absolute Gasteiger partial charge is 0.222 e. The molecule has 4 nitrogen and oxygen atoms in total. The number of nitrogens with one attached hydrogen (secondary N) is 1. The van der Waals surface area contributed by atoms with Crippen molar-refractivity contribution in [2.24, 2.45) is 0 Å². The third kappa shape index (κ3) is 2.51. The van der Waals surface area contributed by atoms with Crippen molar-refractivity contribution in [3.05, 3.63) is 24.0 Å². The molecule has 1 aromatic heterocycles. The van der Waals surface area contributed by atoms with Crippen molar-refractivity contribution in [2.75, 3.05) is 18.9 Å². The van der Waals surface area contributed by atoms with Crippen LogP contribution in [0.15, 0.2) is 18.3 Å². The molecular formula is C12H17N3O. The van der Waals surface area contributed by atoms with Gasteiger partial charge in [0.05, 0.1) is 0 Å². The molecule has 2 heterocycles. The van der Waals surface area contributed by atoms with Crippen LogP contribution in [0.5, 0.6) is 0 Å². The normalized spacial score (nSPS) is 21.0. The Morgan fingerprint density at radius 2 is 2.38 bits per heavy atom. The van der Waals surface area contributed by atoms with E-state index in [4.69, 9.17) is 0 Å². The van der Waals surface area contributed by atoms with Gasteiger partial charge in [-0.1, -0.05) is 0 Å². The maximum atomic E-state index is 11.3. The van der Waals surface area contributed by atoms with Crippen LogP contribution in [-0.2, 0) is 4.79 Å². The van der Waals surface area contributed by atoms with Crippen molar-refractivity contribution >= 4 is 11.6 Å². The Hall–Kier alpha value is -1.58. The lowest BCUT2D eigenvalue weighted by Crippen LogP contribution is -2.43. The van der Waals surface area contributed by atoms with Crippen molar-refractivity contribution in [1.82, 2.24) is 9.88 Å². The van der Waals surface area contributed by atoms with Gasteiger partial charge in [-0.15, -0.1) is 0 Å². The summed E-state index contributed by atoms with van der Waals surface area (Å²) in [5.41, 5.74) is 2.09. The lowest BCUT2D eigenvalue weighted by atomic mass is 10.1. The number of hydrogen-bond donors (Lipinski definition) is 1. The predicted molar refractivity (Wildman–Crippen MR) is 63.3 cm³/mol. The molecule has 1 amide bonds. The van der Waals surface area contributed by atoms with Crippen LogP contribution in [0.25, 0.3) is 0 Å². The molecule has 16 heavy (non-hydrogen) atoms. The Balaban J connectivity index is 1.98. The van der Waals surface area contributed by atoms with Crippen LogP contribution in [-0.4, -0.2) is 35.4 Å². The Morgan fingerprint density at radius 3 is 3.06 bits per heavy atom. The van der Waals surface area contributed by atoms with E-state index in [1.54, 1.807) is 11.1 Å². The number of carbonyl (C=O) groups is 1. The maximum Gasteiger partial charge on any atom is 0.222 e. The van der Waals surface area contributed by atoms with Gasteiger partial charge in [0.2, 0.25) is 5.91 Å². The molecule has 0 aliphatic carbocycles. The van der Waals surface area contributed by atoms with Crippen LogP contribution in [0.4, 0.5) is 5.69 Å². The lowest BCUT2D eigenvalue weighted by Gasteiger charge is -2.30. The fourth-order valence-corrected chi connectivity index (χ4v) is 2.00. The van der Waals surface area contributed by atoms with E-state index < -0.39 is 0 Å². The van der Waals surface area contributed by atoms with Gasteiger partial charge < -0.3 is 10.2 Å². The summed E-state index contributed by atoms with van der Waals surface area (Å²) in [6.07, 6.45) is 3.35. The summed E-state index contributed by atoms with van der Waals surface area (Å²) in [5, 5.41) is 3.44. The number of amides is 1. The molecule has 1 aliphatic heterocycles. The zero-order chi connectivity index (χ0) is 11.5. The van der Waals surface area contributed by atoms with E-state index in [1.165, 1.54) is 0 Å². The summed E-state index contributed by atoms with van der Waals surface area (Å²) < 4.78 is 0. The summed E-state index contributed by atoms with van der Waals surface area (Å²) >= 11 is 0. The second-order valence-corrected chi connectivity index (χ2v) is 4.34. The minimum atomic E-state index is 0.240. The van der Waals surface area contributed by atoms with Crippen molar-refractivity contribution in [1.29, 1.82) is 0 Å². The minimum Gasteiger partial charge on any atom is -0.380 e. The number of nitrogens with zero attached hydrogens (tertiary/aromatic N) is 2. The first kappa shape index (κ1) is 10.9. The number of anilines is 1. The van der Waals surface area contributed by atoms with E-state index in [-0.39, 0.29) is 5.91 Å². The zero-order valence-corrected chi connectivity index (χ0v) is 9.73. The third-order valence-corrected chi connectivity index (χ3v) is 2.89. The highest BCUT2D eigenvalue weighted by Gasteiger charge is 2.22. The topological polar surface area (TPSA) is 45.2 Å². The quantitative estimate of drug-likeness (QED) is 0.818. The van der Waals surface area contributed by atoms with E-state index in [9.17, 15) is 4.79 Å². The number of carbonyl (C=O) groups excluding carboxylic acids is 1. The summed E-state index contributed by atoms with van der Waals surface area (Å²) in [5.74, 6) is 0.240. The van der Waals surface area contributed by atoms with Crippen molar-refractivity contribution in [2.45, 2.75) is 25.8 Å². The van der Waals surface area contributed by atoms with E-state index >= 15 is 0 Å². The Kier molecular flexibility index (Phi) is 3.08. The fourth-order valence-electron chi connectivity index (χ4n) is 2.00. The number of likely N-dealkylation sites (tertiary alicyclic amines) is 1. The number of aromatic nitrogens is 1. The van der Waals surface area contributed by atoms with Gasteiger partial charge in [-0.2, -0.15) is 0 Å². The molecule has 86 valence electrons. The number of likely N-dealkylation sites (N-methyl/N-ethyl adjacent to an activating group) is 1. The molecular weight excluding hydrogens is 202 g/mol. The van der Waals surface area contributed by atoms with Crippen LogP contribution in [0.2, 0.25) is 0 Å². The first-order valence-corrected chi connectivity index (χ1v) is 5.58. The fraction of sp³-hybridized carbons (Fsp3) is 0.500. The highest BCUT2D eigenvalue weighted by molar-refractivity contribution is 5.77. The first-order chi connectivity index (χ1) is 7.65. The number of piperidine rings is 1. The molecule has 0 saturated carbocycles. The molecule has 0 spiro atoms. The van der Waals surface area contributed by atoms with Gasteiger partial charge in [0.15, 0.2) is 0 Å². The summed E-state index contributed by atoms with van der Waals surface area (Å²) in [6, 6.07) is 4.34. The van der Waals surface area contributed by atoms with Crippen LogP contribution in [0, 0.1) is 6.92 Å². The molecule has 1 N–H and O–H groups in total. The molecule has 0 aromatic carbocycles. The molecule has 2 rings (SSSR count). The molecule has 0 bridgehead atoms. The second-order valence-electron chi connectivity index (χ2n) is 4.34. The zero-order valence-electron chi connectivity index (χ0n) is 9.73. The Bertz CT molecular complexity index is 392. The molecule has 0 radical (unpaired) electrons. The highest BCUT2D eigenvalue weighted by atomic mass is 16.2. The number of rotatable bonds is 2. The van der Waals surface area contributed by atoms with Gasteiger partial charge >= 0.3 is 0 Å². The Morgan fingerprint density at radius 1 is 1.56 bits per heavy atom. The van der Waals surface area contributed by atoms with Gasteiger partial charge in [0, 0.05) is 43.6 Å². The van der Waals surface area contributed by atoms with Crippen molar-refractivity contribution < 1.29 is 4.79 Å². The number of pyridine rings is 1. The standard InChI is InChI=1S/C12H17N3O/c1-9-7-10(5-6-13-9)14-11-3-4-12(16)15(2)8-11/h5-7,11H,3-4,8H2,1-2H3,(H,13,14). The Labute approximate surface area is 95.7 Å². The molecule has 4 heteroatoms. The maximum absolute atomic E-state index is 11.3. The second kappa shape index (κ2) is 4.51. The van der Waals surface area contributed by atoms with Gasteiger partial charge in [0.25, 0.3) is 0 Å². The molecule has 1 aliphatic rings. The molecule has 1 aromatic rings. The third-order valence-electron chi connectivity index (χ3n) is 2.89. The average Bonchev–Trinajstić information content (AvgIpc) is 2.24. The van der Waals surface area contributed by atoms with Gasteiger partial charge in [-0.25, -0.2) is 0 Å². The number of hydrogen-bond acceptors (Lipinski definition) is 3. The average molecular weight is 219 g/mol. The summed E-state index contributed by atoms with van der Waals surface area (Å²) in [6.45, 7) is 2.75. The van der Waals surface area contributed by atoms with Gasteiger partial charge in [-0.05, 0) is 25.5 Å². The van der Waals surface area contributed by atoms with Crippen molar-refractivity contribution in [3.8, 4) is 0 Å². The van der Waals surface area contributed by atoms with Crippen molar-refractivity contribution in [3.63, 3.8) is 0 Å². The van der Waals surface area contributed by atoms with E-state index in [0.29, 0.717) is 12.5 Å². The summed E-state index contributed by atoms with van der Waals surface area (Å²) in [7, 11) is 1.86. The van der Waals surface area contributed by atoms with E-state index in [2.05, 4.69) is 10.3 Å². The molecule has 1 fully saturated rings. The number of aryl methyl sites for hydroxylation is 1. The SMILES string of the molecule is Cc1cc(NC2CCC(=O)N(C)C2)ccn1. The van der Waals surface area contributed by atoms with Crippen LogP contribution >= 0.6 is 0 Å². The van der Waals surface area contributed by atoms with Crippen LogP contribution in [0.3, 0.4) is 0 Å². The van der Waals surface area contributed by atoms with Crippen LogP contribution in [0.1, 0.15) is 18.5 Å². The molecule has 1 saturated heterocycles. The highest BCUT2D eigenvalue weighted by Crippen LogP contribution is 2.16. The molecule has 1 atom stereocenters. The summed E-state index contributed by atoms with van der Waals surface area (Å²) in [4.78, 5) is 17.3. The predicted octanol–water partition coefficient (Wildman–Crippen LogP) is 1.42. The monoisotopic (exact) mass is 219 g/mol. The minimum absolute atomic E-state index is 0.240. The van der Waals surface area contributed by atoms with E-state index in [1.807, 2.05) is 26.1 Å². The largest absolute Gasteiger partial charge is 0.380 e. The van der Waals surface area contributed by atoms with Gasteiger partial charge in [-0.3, -0.25) is 9.78 Å². The molecule has 1 unspecified atom stereocenters. The first-order valence-electron chi connectivity index (χ1n) is 5.58. The van der Waals surface area contributed by atoms with E-state index in [0.717, 1.165) is 24.3 Å². The van der Waals surface area contributed by atoms with Crippen LogP contribution < -0.4 is 5.32 Å².